The van der Waals surface area contributed by atoms with Gasteiger partial charge in [0.2, 0.25) is 0 Å². The second kappa shape index (κ2) is 26.4. The highest BCUT2D eigenvalue weighted by atomic mass is 32.3. The first-order valence-electron chi connectivity index (χ1n) is 11.5. The van der Waals surface area contributed by atoms with Gasteiger partial charge in [0.15, 0.2) is 6.10 Å². The zero-order valence-corrected chi connectivity index (χ0v) is 20.3. The molecule has 0 spiro atoms. The van der Waals surface area contributed by atoms with Crippen molar-refractivity contribution in [1.29, 1.82) is 0 Å². The largest absolute Gasteiger partial charge is 0.479 e. The van der Waals surface area contributed by atoms with Crippen LogP contribution in [0.4, 0.5) is 0 Å². The van der Waals surface area contributed by atoms with Gasteiger partial charge in [-0.05, 0) is 6.42 Å². The van der Waals surface area contributed by atoms with Crippen LogP contribution in [0.1, 0.15) is 103 Å². The molecule has 0 rings (SSSR count). The van der Waals surface area contributed by atoms with Crippen molar-refractivity contribution in [1.82, 2.24) is 0 Å². The molecule has 0 radical (unpaired) electrons. The van der Waals surface area contributed by atoms with E-state index < -0.39 is 28.6 Å². The fourth-order valence-corrected chi connectivity index (χ4v) is 2.71. The van der Waals surface area contributed by atoms with Gasteiger partial charge >= 0.3 is 16.4 Å². The average molecular weight is 491 g/mol. The summed E-state index contributed by atoms with van der Waals surface area (Å²) >= 11 is 0. The van der Waals surface area contributed by atoms with Crippen molar-refractivity contribution >= 4 is 16.4 Å². The summed E-state index contributed by atoms with van der Waals surface area (Å²) in [6, 6.07) is 0. The summed E-state index contributed by atoms with van der Waals surface area (Å²) in [7, 11) is -4.67. The van der Waals surface area contributed by atoms with Crippen molar-refractivity contribution in [2.24, 2.45) is 0 Å². The van der Waals surface area contributed by atoms with Gasteiger partial charge in [-0.1, -0.05) is 96.8 Å². The maximum atomic E-state index is 10.4. The Bertz CT molecular complexity index is 473. The Morgan fingerprint density at radius 3 is 1.19 bits per heavy atom. The highest BCUT2D eigenvalue weighted by molar-refractivity contribution is 7.79. The molecule has 1 atom stereocenters. The van der Waals surface area contributed by atoms with E-state index in [1.54, 1.807) is 0 Å². The van der Waals surface area contributed by atoms with Crippen molar-refractivity contribution in [3.8, 4) is 0 Å². The second-order valence-corrected chi connectivity index (χ2v) is 8.60. The molecule has 0 aliphatic carbocycles. The molecule has 7 N–H and O–H groups in total. The average Bonchev–Trinajstić information content (AvgIpc) is 2.72. The number of aliphatic carboxylic acids is 1. The van der Waals surface area contributed by atoms with Gasteiger partial charge in [-0.2, -0.15) is 8.42 Å². The standard InChI is InChI=1S/C18H36O3.C3H8O3.H2O4S/c1-2-3-4-5-6-7-8-9-10-11-12-13-14-15-16-17(19)18(20)21;4-1-3(6)2-5;1-5(2,3)4/h17,19H,2-16H2,1H3,(H,20,21);3-6H,1-2H2;(H2,1,2,3,4). The van der Waals surface area contributed by atoms with Crippen molar-refractivity contribution in [3.63, 3.8) is 0 Å². The Morgan fingerprint density at radius 1 is 0.688 bits per heavy atom. The van der Waals surface area contributed by atoms with E-state index in [1.165, 1.54) is 77.0 Å². The number of carboxylic acid groups (broad SMARTS) is 1. The summed E-state index contributed by atoms with van der Waals surface area (Å²) in [6.45, 7) is 1.53. The van der Waals surface area contributed by atoms with Crippen LogP contribution in [0, 0.1) is 0 Å². The molecule has 196 valence electrons. The Kier molecular flexibility index (Phi) is 29.5. The predicted molar refractivity (Wildman–Crippen MR) is 123 cm³/mol. The van der Waals surface area contributed by atoms with Gasteiger partial charge in [0.1, 0.15) is 6.10 Å². The highest BCUT2D eigenvalue weighted by Gasteiger charge is 2.11. The van der Waals surface area contributed by atoms with Crippen LogP contribution in [0.5, 0.6) is 0 Å². The maximum absolute atomic E-state index is 10.4. The molecule has 0 bridgehead atoms. The summed E-state index contributed by atoms with van der Waals surface area (Å²) in [5.74, 6) is -1.09. The lowest BCUT2D eigenvalue weighted by molar-refractivity contribution is -0.146. The molecule has 11 heteroatoms. The summed E-state index contributed by atoms with van der Waals surface area (Å²) in [5.41, 5.74) is 0. The lowest BCUT2D eigenvalue weighted by Gasteiger charge is -2.05. The third-order valence-electron chi connectivity index (χ3n) is 4.54. The smallest absolute Gasteiger partial charge is 0.394 e. The van der Waals surface area contributed by atoms with Crippen molar-refractivity contribution in [2.75, 3.05) is 13.2 Å². The first-order valence-corrected chi connectivity index (χ1v) is 12.9. The number of hydrogen-bond donors (Lipinski definition) is 7. The summed E-state index contributed by atoms with van der Waals surface area (Å²) in [4.78, 5) is 10.4. The number of aliphatic hydroxyl groups is 4. The zero-order valence-electron chi connectivity index (χ0n) is 19.4. The van der Waals surface area contributed by atoms with E-state index in [0.717, 1.165) is 12.8 Å². The van der Waals surface area contributed by atoms with Crippen LogP contribution in [-0.4, -0.2) is 74.4 Å². The number of aliphatic hydroxyl groups excluding tert-OH is 4. The van der Waals surface area contributed by atoms with Crippen LogP contribution >= 0.6 is 0 Å². The molecule has 0 fully saturated rings. The third-order valence-corrected chi connectivity index (χ3v) is 4.54. The molecule has 0 saturated heterocycles. The number of carbonyl (C=O) groups is 1. The fourth-order valence-electron chi connectivity index (χ4n) is 2.71. The van der Waals surface area contributed by atoms with Crippen molar-refractivity contribution in [3.05, 3.63) is 0 Å². The lowest BCUT2D eigenvalue weighted by Crippen LogP contribution is -2.18. The summed E-state index contributed by atoms with van der Waals surface area (Å²) < 4.78 is 31.6. The maximum Gasteiger partial charge on any atom is 0.394 e. The molecule has 0 heterocycles. The third kappa shape index (κ3) is 43.1. The van der Waals surface area contributed by atoms with Crippen molar-refractivity contribution in [2.45, 2.75) is 115 Å². The first-order chi connectivity index (χ1) is 15.0. The van der Waals surface area contributed by atoms with Crippen LogP contribution in [0.15, 0.2) is 0 Å². The Labute approximate surface area is 193 Å². The number of rotatable bonds is 18. The lowest BCUT2D eigenvalue weighted by atomic mass is 10.0. The van der Waals surface area contributed by atoms with Gasteiger partial charge < -0.3 is 25.5 Å². The van der Waals surface area contributed by atoms with Crippen molar-refractivity contribution < 1.29 is 47.9 Å². The minimum atomic E-state index is -4.67. The number of unbranched alkanes of at least 4 members (excludes halogenated alkanes) is 13. The van der Waals surface area contributed by atoms with E-state index in [1.807, 2.05) is 0 Å². The van der Waals surface area contributed by atoms with E-state index in [-0.39, 0.29) is 13.2 Å². The molecule has 0 saturated carbocycles. The molecule has 32 heavy (non-hydrogen) atoms. The Hall–Kier alpha value is -0.820. The van der Waals surface area contributed by atoms with Gasteiger partial charge in [0.25, 0.3) is 0 Å². The molecule has 0 aromatic rings. The fraction of sp³-hybridized carbons (Fsp3) is 0.952. The van der Waals surface area contributed by atoms with E-state index >= 15 is 0 Å². The highest BCUT2D eigenvalue weighted by Crippen LogP contribution is 2.13. The van der Waals surface area contributed by atoms with Gasteiger partial charge in [-0.15, -0.1) is 0 Å². The summed E-state index contributed by atoms with van der Waals surface area (Å²) in [6.07, 6.45) is 16.3. The molecule has 10 nitrogen and oxygen atoms in total. The van der Waals surface area contributed by atoms with Crippen LogP contribution < -0.4 is 0 Å². The van der Waals surface area contributed by atoms with Gasteiger partial charge in [0, 0.05) is 0 Å². The molecule has 0 amide bonds. The first kappa shape index (κ1) is 35.8. The molecular weight excluding hydrogens is 444 g/mol. The van der Waals surface area contributed by atoms with Gasteiger partial charge in [-0.3, -0.25) is 9.11 Å². The minimum Gasteiger partial charge on any atom is -0.479 e. The van der Waals surface area contributed by atoms with Crippen LogP contribution in [0.3, 0.4) is 0 Å². The molecule has 0 aliphatic heterocycles. The van der Waals surface area contributed by atoms with E-state index in [0.29, 0.717) is 6.42 Å². The second-order valence-electron chi connectivity index (χ2n) is 7.71. The monoisotopic (exact) mass is 490 g/mol. The van der Waals surface area contributed by atoms with Crippen LogP contribution in [0.25, 0.3) is 0 Å². The zero-order chi connectivity index (χ0) is 25.3. The van der Waals surface area contributed by atoms with Gasteiger partial charge in [-0.25, -0.2) is 4.79 Å². The van der Waals surface area contributed by atoms with Crippen LogP contribution in [0.2, 0.25) is 0 Å². The van der Waals surface area contributed by atoms with E-state index in [9.17, 15) is 4.79 Å². The van der Waals surface area contributed by atoms with Gasteiger partial charge in [0.05, 0.1) is 13.2 Å². The van der Waals surface area contributed by atoms with Crippen LogP contribution in [-0.2, 0) is 15.2 Å². The quantitative estimate of drug-likeness (QED) is 0.111. The number of carboxylic acids is 1. The molecule has 1 unspecified atom stereocenters. The van der Waals surface area contributed by atoms with E-state index in [4.69, 9.17) is 43.1 Å². The minimum absolute atomic E-state index is 0.365. The Morgan fingerprint density at radius 2 is 0.969 bits per heavy atom. The molecule has 0 aliphatic rings. The van der Waals surface area contributed by atoms with E-state index in [2.05, 4.69) is 6.92 Å². The summed E-state index contributed by atoms with van der Waals surface area (Å²) in [5, 5.41) is 41.7. The SMILES string of the molecule is CCCCCCCCCCCCCCCCC(O)C(=O)O.O=S(=O)(O)O.OCC(O)CO. The molecule has 0 aromatic carbocycles. The Balaban J connectivity index is -0.000000626. The topological polar surface area (TPSA) is 193 Å². The predicted octanol–water partition coefficient (Wildman–Crippen LogP) is 2.98. The normalized spacial score (nSPS) is 11.9. The molecular formula is C21H46O10S. The number of hydrogen-bond acceptors (Lipinski definition) is 7. The molecule has 0 aromatic heterocycles.